The Morgan fingerprint density at radius 2 is 2.14 bits per heavy atom. The Morgan fingerprint density at radius 3 is 2.86 bits per heavy atom. The summed E-state index contributed by atoms with van der Waals surface area (Å²) < 4.78 is 0. The smallest absolute Gasteiger partial charge is 0.237 e. The molecular weight excluding hydrogens is 264 g/mol. The fraction of sp³-hybridized carbons (Fsp3) is 0.412. The Balaban J connectivity index is 2.20. The molecule has 0 aliphatic carbocycles. The predicted octanol–water partition coefficient (Wildman–Crippen LogP) is 2.46. The molecule has 4 nitrogen and oxygen atoms in total. The Labute approximate surface area is 124 Å². The zero-order valence-electron chi connectivity index (χ0n) is 12.5. The lowest BCUT2D eigenvalue weighted by molar-refractivity contribution is -0.140. The van der Waals surface area contributed by atoms with E-state index in [1.165, 1.54) is 0 Å². The van der Waals surface area contributed by atoms with Crippen LogP contribution in [-0.2, 0) is 15.0 Å². The number of benzene rings is 1. The fourth-order valence-corrected chi connectivity index (χ4v) is 3.76. The second kappa shape index (κ2) is 4.72. The van der Waals surface area contributed by atoms with Crippen LogP contribution in [0.2, 0.25) is 0 Å². The van der Waals surface area contributed by atoms with E-state index in [4.69, 9.17) is 0 Å². The number of nitrogens with one attached hydrogen (secondary N) is 1. The van der Waals surface area contributed by atoms with Crippen molar-refractivity contribution in [1.29, 1.82) is 0 Å². The Bertz CT molecular complexity index is 637. The minimum atomic E-state index is -0.688. The topological polar surface area (TPSA) is 49.4 Å². The zero-order valence-corrected chi connectivity index (χ0v) is 12.5. The average molecular weight is 284 g/mol. The largest absolute Gasteiger partial charge is 0.338 e. The Kier molecular flexibility index (Phi) is 3.12. The summed E-state index contributed by atoms with van der Waals surface area (Å²) in [6.45, 7) is 6.15. The molecule has 2 unspecified atom stereocenters. The first-order valence-corrected chi connectivity index (χ1v) is 7.36. The van der Waals surface area contributed by atoms with Gasteiger partial charge in [0.15, 0.2) is 0 Å². The highest BCUT2D eigenvalue weighted by Crippen LogP contribution is 2.49. The molecule has 1 fully saturated rings. The van der Waals surface area contributed by atoms with Crippen molar-refractivity contribution in [3.8, 4) is 0 Å². The number of amides is 2. The van der Waals surface area contributed by atoms with Gasteiger partial charge in [-0.1, -0.05) is 37.3 Å². The second-order valence-electron chi connectivity index (χ2n) is 5.89. The minimum absolute atomic E-state index is 0.0114. The van der Waals surface area contributed by atoms with Gasteiger partial charge in [-0.3, -0.25) is 9.59 Å². The highest BCUT2D eigenvalue weighted by Gasteiger charge is 2.57. The number of likely N-dealkylation sites (N-methyl/N-ethyl adjacent to an activating group) is 1. The van der Waals surface area contributed by atoms with Crippen LogP contribution in [0.25, 0.3) is 0 Å². The van der Waals surface area contributed by atoms with Gasteiger partial charge >= 0.3 is 0 Å². The third kappa shape index (κ3) is 1.75. The van der Waals surface area contributed by atoms with Crippen LogP contribution in [0.5, 0.6) is 0 Å². The van der Waals surface area contributed by atoms with Crippen LogP contribution in [0, 0.1) is 0 Å². The van der Waals surface area contributed by atoms with E-state index in [0.29, 0.717) is 12.8 Å². The molecule has 0 bridgehead atoms. The number of para-hydroxylation sites is 1. The summed E-state index contributed by atoms with van der Waals surface area (Å²) in [6.07, 6.45) is 1.69. The molecule has 1 N–H and O–H groups in total. The summed E-state index contributed by atoms with van der Waals surface area (Å²) in [5, 5.41) is 2.98. The molecule has 4 heteroatoms. The molecule has 1 spiro atoms. The molecule has 2 atom stereocenters. The summed E-state index contributed by atoms with van der Waals surface area (Å²) in [7, 11) is 1.78. The molecule has 2 aliphatic heterocycles. The van der Waals surface area contributed by atoms with Crippen LogP contribution in [0.3, 0.4) is 0 Å². The molecule has 2 aliphatic rings. The quantitative estimate of drug-likeness (QED) is 0.848. The number of hydrogen-bond acceptors (Lipinski definition) is 2. The maximum atomic E-state index is 12.8. The summed E-state index contributed by atoms with van der Waals surface area (Å²) in [5.74, 6) is 0.0695. The van der Waals surface area contributed by atoms with E-state index in [1.807, 2.05) is 31.2 Å². The number of likely N-dealkylation sites (tertiary alicyclic amines) is 1. The van der Waals surface area contributed by atoms with Crippen LogP contribution < -0.4 is 5.32 Å². The number of rotatable bonds is 2. The third-order valence-corrected chi connectivity index (χ3v) is 4.88. The number of fused-ring (bicyclic) bond motifs is 2. The minimum Gasteiger partial charge on any atom is -0.338 e. The molecule has 1 aromatic rings. The molecule has 1 saturated heterocycles. The molecule has 21 heavy (non-hydrogen) atoms. The van der Waals surface area contributed by atoms with E-state index in [1.54, 1.807) is 11.9 Å². The van der Waals surface area contributed by atoms with E-state index in [-0.39, 0.29) is 17.9 Å². The molecule has 2 amide bonds. The lowest BCUT2D eigenvalue weighted by Gasteiger charge is -2.46. The van der Waals surface area contributed by atoms with Crippen molar-refractivity contribution in [2.24, 2.45) is 0 Å². The summed E-state index contributed by atoms with van der Waals surface area (Å²) in [4.78, 5) is 26.6. The van der Waals surface area contributed by atoms with Gasteiger partial charge in [0, 0.05) is 19.2 Å². The van der Waals surface area contributed by atoms with Crippen molar-refractivity contribution in [3.63, 3.8) is 0 Å². The molecule has 2 heterocycles. The van der Waals surface area contributed by atoms with Crippen molar-refractivity contribution >= 4 is 17.5 Å². The van der Waals surface area contributed by atoms with Crippen LogP contribution in [0.4, 0.5) is 5.69 Å². The van der Waals surface area contributed by atoms with Crippen molar-refractivity contribution in [2.45, 2.75) is 37.6 Å². The fourth-order valence-electron chi connectivity index (χ4n) is 3.76. The highest BCUT2D eigenvalue weighted by molar-refractivity contribution is 6.08. The predicted molar refractivity (Wildman–Crippen MR) is 82.0 cm³/mol. The number of anilines is 1. The van der Waals surface area contributed by atoms with Crippen molar-refractivity contribution < 1.29 is 9.59 Å². The van der Waals surface area contributed by atoms with E-state index >= 15 is 0 Å². The SMILES string of the molecule is C=C(CC)C1N(C)C(=O)CCC12C(=O)Nc1ccccc12. The first-order valence-electron chi connectivity index (χ1n) is 7.36. The van der Waals surface area contributed by atoms with Crippen LogP contribution in [0.15, 0.2) is 36.4 Å². The first kappa shape index (κ1) is 13.9. The van der Waals surface area contributed by atoms with Gasteiger partial charge in [0.25, 0.3) is 0 Å². The molecule has 0 saturated carbocycles. The first-order chi connectivity index (χ1) is 10.0. The summed E-state index contributed by atoms with van der Waals surface area (Å²) in [6, 6.07) is 7.51. The van der Waals surface area contributed by atoms with E-state index in [2.05, 4.69) is 11.9 Å². The Morgan fingerprint density at radius 1 is 1.43 bits per heavy atom. The standard InChI is InChI=1S/C17H20N2O2/c1-4-11(2)15-17(10-9-14(20)19(15)3)12-7-5-6-8-13(12)18-16(17)21/h5-8,15H,2,4,9-10H2,1,3H3,(H,18,21). The maximum Gasteiger partial charge on any atom is 0.237 e. The number of carbonyl (C=O) groups excluding carboxylic acids is 2. The van der Waals surface area contributed by atoms with Gasteiger partial charge in [-0.15, -0.1) is 0 Å². The average Bonchev–Trinajstić information content (AvgIpc) is 2.76. The van der Waals surface area contributed by atoms with Crippen LogP contribution in [0.1, 0.15) is 31.7 Å². The van der Waals surface area contributed by atoms with Gasteiger partial charge < -0.3 is 10.2 Å². The molecular formula is C17H20N2O2. The van der Waals surface area contributed by atoms with Crippen molar-refractivity contribution in [2.75, 3.05) is 12.4 Å². The number of nitrogens with zero attached hydrogens (tertiary/aromatic N) is 1. The van der Waals surface area contributed by atoms with E-state index in [9.17, 15) is 9.59 Å². The summed E-state index contributed by atoms with van der Waals surface area (Å²) >= 11 is 0. The maximum absolute atomic E-state index is 12.8. The number of carbonyl (C=O) groups is 2. The van der Waals surface area contributed by atoms with Gasteiger partial charge in [-0.2, -0.15) is 0 Å². The molecule has 3 rings (SSSR count). The molecule has 0 aromatic heterocycles. The zero-order chi connectivity index (χ0) is 15.2. The lowest BCUT2D eigenvalue weighted by atomic mass is 9.66. The van der Waals surface area contributed by atoms with Crippen molar-refractivity contribution in [3.05, 3.63) is 42.0 Å². The number of hydrogen-bond donors (Lipinski definition) is 1. The third-order valence-electron chi connectivity index (χ3n) is 4.88. The van der Waals surface area contributed by atoms with Gasteiger partial charge in [-0.05, 0) is 24.5 Å². The van der Waals surface area contributed by atoms with E-state index in [0.717, 1.165) is 23.2 Å². The molecule has 110 valence electrons. The van der Waals surface area contributed by atoms with Gasteiger partial charge in [0.2, 0.25) is 11.8 Å². The normalized spacial score (nSPS) is 27.7. The van der Waals surface area contributed by atoms with Gasteiger partial charge in [0.05, 0.1) is 6.04 Å². The number of piperidine rings is 1. The molecule has 1 aromatic carbocycles. The summed E-state index contributed by atoms with van der Waals surface area (Å²) in [5.41, 5.74) is 2.09. The molecule has 0 radical (unpaired) electrons. The van der Waals surface area contributed by atoms with Gasteiger partial charge in [0.1, 0.15) is 5.41 Å². The lowest BCUT2D eigenvalue weighted by Crippen LogP contribution is -2.59. The van der Waals surface area contributed by atoms with Gasteiger partial charge in [-0.25, -0.2) is 0 Å². The Hall–Kier alpha value is -2.10. The second-order valence-corrected chi connectivity index (χ2v) is 5.89. The van der Waals surface area contributed by atoms with E-state index < -0.39 is 5.41 Å². The van der Waals surface area contributed by atoms with Crippen LogP contribution in [-0.4, -0.2) is 29.8 Å². The van der Waals surface area contributed by atoms with Crippen molar-refractivity contribution in [1.82, 2.24) is 4.90 Å². The van der Waals surface area contributed by atoms with Crippen LogP contribution >= 0.6 is 0 Å². The monoisotopic (exact) mass is 284 g/mol. The highest BCUT2D eigenvalue weighted by atomic mass is 16.2.